The van der Waals surface area contributed by atoms with Crippen LogP contribution in [0.3, 0.4) is 0 Å². The first-order valence-electron chi connectivity index (χ1n) is 7.73. The summed E-state index contributed by atoms with van der Waals surface area (Å²) in [5.74, 6) is 0.117. The van der Waals surface area contributed by atoms with Gasteiger partial charge in [-0.15, -0.1) is 10.2 Å². The van der Waals surface area contributed by atoms with Crippen molar-refractivity contribution in [1.29, 1.82) is 5.53 Å². The van der Waals surface area contributed by atoms with Crippen molar-refractivity contribution in [3.8, 4) is 16.5 Å². The van der Waals surface area contributed by atoms with Crippen LogP contribution in [0.4, 0.5) is 5.69 Å². The van der Waals surface area contributed by atoms with E-state index in [9.17, 15) is 5.11 Å². The molecule has 0 aliphatic rings. The number of rotatable bonds is 4. The molecule has 7 heteroatoms. The molecule has 0 fully saturated rings. The second-order valence-corrected chi connectivity index (χ2v) is 6.57. The number of benzene rings is 2. The molecule has 0 aliphatic heterocycles. The van der Waals surface area contributed by atoms with Gasteiger partial charge in [0.25, 0.3) is 0 Å². The summed E-state index contributed by atoms with van der Waals surface area (Å²) in [5, 5.41) is 23.9. The van der Waals surface area contributed by atoms with E-state index in [1.807, 2.05) is 47.9 Å². The predicted molar refractivity (Wildman–Crippen MR) is 97.6 cm³/mol. The topological polar surface area (TPSA) is 87.2 Å². The van der Waals surface area contributed by atoms with Crippen molar-refractivity contribution < 1.29 is 5.11 Å². The summed E-state index contributed by atoms with van der Waals surface area (Å²) in [7, 11) is 0. The molecule has 0 aliphatic carbocycles. The average Bonchev–Trinajstić information content (AvgIpc) is 3.24. The molecule has 2 aromatic heterocycles. The SMILES string of the molecule is Cc1ccccc1Cn1c(O)c(-c2nncs2)c2c(N=N)cccc21. The Morgan fingerprint density at radius 1 is 1.20 bits per heavy atom. The zero-order valence-corrected chi connectivity index (χ0v) is 14.3. The van der Waals surface area contributed by atoms with Crippen LogP contribution in [-0.2, 0) is 6.54 Å². The van der Waals surface area contributed by atoms with Gasteiger partial charge in [-0.3, -0.25) is 0 Å². The van der Waals surface area contributed by atoms with Crippen LogP contribution < -0.4 is 0 Å². The van der Waals surface area contributed by atoms with Crippen molar-refractivity contribution >= 4 is 27.9 Å². The van der Waals surface area contributed by atoms with Gasteiger partial charge in [-0.1, -0.05) is 41.7 Å². The molecule has 4 rings (SSSR count). The molecule has 2 aromatic carbocycles. The lowest BCUT2D eigenvalue weighted by Gasteiger charge is -2.10. The number of aryl methyl sites for hydroxylation is 1. The lowest BCUT2D eigenvalue weighted by Crippen LogP contribution is -2.00. The molecule has 2 N–H and O–H groups in total. The monoisotopic (exact) mass is 349 g/mol. The number of hydrogen-bond acceptors (Lipinski definition) is 6. The summed E-state index contributed by atoms with van der Waals surface area (Å²) in [6.45, 7) is 2.57. The lowest BCUT2D eigenvalue weighted by molar-refractivity contribution is 0.430. The van der Waals surface area contributed by atoms with Gasteiger partial charge in [0.15, 0.2) is 5.01 Å². The Morgan fingerprint density at radius 2 is 2.04 bits per heavy atom. The maximum absolute atomic E-state index is 11.0. The molecule has 0 atom stereocenters. The molecular formula is C18H15N5OS. The van der Waals surface area contributed by atoms with Gasteiger partial charge in [-0.2, -0.15) is 5.11 Å². The smallest absolute Gasteiger partial charge is 0.203 e. The quantitative estimate of drug-likeness (QED) is 0.514. The standard InChI is InChI=1S/C18H15N5OS/c1-11-5-2-3-6-12(11)9-23-14-8-4-7-13(21-19)15(14)16(18(23)24)17-22-20-10-25-17/h2-8,10,19,24H,9H2,1H3. The number of nitrogens with one attached hydrogen (secondary N) is 1. The number of aromatic hydroxyl groups is 1. The van der Waals surface area contributed by atoms with Gasteiger partial charge in [0.1, 0.15) is 5.51 Å². The van der Waals surface area contributed by atoms with Crippen molar-refractivity contribution in [3.05, 3.63) is 59.1 Å². The summed E-state index contributed by atoms with van der Waals surface area (Å²) in [5.41, 5.74) is 13.3. The van der Waals surface area contributed by atoms with E-state index in [1.165, 1.54) is 11.3 Å². The first kappa shape index (κ1) is 15.5. The third-order valence-corrected chi connectivity index (χ3v) is 5.03. The van der Waals surface area contributed by atoms with E-state index in [2.05, 4.69) is 15.3 Å². The largest absolute Gasteiger partial charge is 0.494 e. The fourth-order valence-electron chi connectivity index (χ4n) is 3.07. The van der Waals surface area contributed by atoms with Gasteiger partial charge in [-0.05, 0) is 30.2 Å². The number of fused-ring (bicyclic) bond motifs is 1. The molecule has 6 nitrogen and oxygen atoms in total. The van der Waals surface area contributed by atoms with Gasteiger partial charge >= 0.3 is 0 Å². The summed E-state index contributed by atoms with van der Waals surface area (Å²) < 4.78 is 1.84. The van der Waals surface area contributed by atoms with Crippen molar-refractivity contribution in [2.75, 3.05) is 0 Å². The van der Waals surface area contributed by atoms with Crippen LogP contribution in [0.25, 0.3) is 21.5 Å². The zero-order valence-electron chi connectivity index (χ0n) is 13.5. The highest BCUT2D eigenvalue weighted by Crippen LogP contribution is 2.44. The fraction of sp³-hybridized carbons (Fsp3) is 0.111. The van der Waals surface area contributed by atoms with Crippen molar-refractivity contribution in [2.24, 2.45) is 5.11 Å². The molecule has 0 saturated carbocycles. The second kappa shape index (κ2) is 6.10. The van der Waals surface area contributed by atoms with E-state index >= 15 is 0 Å². The minimum Gasteiger partial charge on any atom is -0.494 e. The minimum atomic E-state index is 0.117. The Hall–Kier alpha value is -3.06. The molecule has 0 radical (unpaired) electrons. The number of aromatic nitrogens is 3. The Balaban J connectivity index is 2.01. The second-order valence-electron chi connectivity index (χ2n) is 5.74. The Bertz CT molecular complexity index is 1070. The van der Waals surface area contributed by atoms with Gasteiger partial charge in [0.2, 0.25) is 5.88 Å². The molecular weight excluding hydrogens is 334 g/mol. The number of hydrogen-bond donors (Lipinski definition) is 2. The normalized spacial score (nSPS) is 11.1. The number of nitrogens with zero attached hydrogens (tertiary/aromatic N) is 4. The minimum absolute atomic E-state index is 0.117. The summed E-state index contributed by atoms with van der Waals surface area (Å²) in [4.78, 5) is 0. The average molecular weight is 349 g/mol. The van der Waals surface area contributed by atoms with Gasteiger partial charge in [-0.25, -0.2) is 5.53 Å². The maximum Gasteiger partial charge on any atom is 0.203 e. The Labute approximate surface area is 147 Å². The van der Waals surface area contributed by atoms with Crippen LogP contribution in [0, 0.1) is 12.5 Å². The van der Waals surface area contributed by atoms with Crippen LogP contribution in [0.5, 0.6) is 5.88 Å². The summed E-state index contributed by atoms with van der Waals surface area (Å²) >= 11 is 1.35. The van der Waals surface area contributed by atoms with Gasteiger partial charge in [0.05, 0.1) is 23.3 Å². The van der Waals surface area contributed by atoms with Crippen LogP contribution in [-0.4, -0.2) is 19.9 Å². The van der Waals surface area contributed by atoms with Crippen LogP contribution in [0.2, 0.25) is 0 Å². The molecule has 0 unspecified atom stereocenters. The van der Waals surface area contributed by atoms with E-state index in [0.717, 1.165) is 22.0 Å². The zero-order chi connectivity index (χ0) is 17.4. The highest BCUT2D eigenvalue weighted by Gasteiger charge is 2.23. The van der Waals surface area contributed by atoms with E-state index in [1.54, 1.807) is 11.6 Å². The fourth-order valence-corrected chi connectivity index (χ4v) is 3.67. The highest BCUT2D eigenvalue weighted by molar-refractivity contribution is 7.12. The first-order chi connectivity index (χ1) is 12.2. The van der Waals surface area contributed by atoms with E-state index < -0.39 is 0 Å². The Morgan fingerprint density at radius 3 is 2.76 bits per heavy atom. The molecule has 25 heavy (non-hydrogen) atoms. The molecule has 124 valence electrons. The van der Waals surface area contributed by atoms with Crippen LogP contribution in [0.15, 0.2) is 53.1 Å². The molecule has 0 saturated heterocycles. The van der Waals surface area contributed by atoms with Gasteiger partial charge < -0.3 is 9.67 Å². The predicted octanol–water partition coefficient (Wildman–Crippen LogP) is 4.88. The van der Waals surface area contributed by atoms with E-state index in [-0.39, 0.29) is 5.88 Å². The lowest BCUT2D eigenvalue weighted by atomic mass is 10.1. The van der Waals surface area contributed by atoms with Crippen LogP contribution in [0.1, 0.15) is 11.1 Å². The molecule has 0 bridgehead atoms. The van der Waals surface area contributed by atoms with Gasteiger partial charge in [0, 0.05) is 5.39 Å². The third-order valence-electron chi connectivity index (χ3n) is 4.32. The molecule has 0 spiro atoms. The van der Waals surface area contributed by atoms with E-state index in [0.29, 0.717) is 22.8 Å². The van der Waals surface area contributed by atoms with E-state index in [4.69, 9.17) is 5.53 Å². The summed E-state index contributed by atoms with van der Waals surface area (Å²) in [6, 6.07) is 13.6. The molecule has 0 amide bonds. The van der Waals surface area contributed by atoms with Crippen molar-refractivity contribution in [2.45, 2.75) is 13.5 Å². The van der Waals surface area contributed by atoms with Crippen LogP contribution >= 0.6 is 11.3 Å². The first-order valence-corrected chi connectivity index (χ1v) is 8.61. The van der Waals surface area contributed by atoms with Crippen molar-refractivity contribution in [1.82, 2.24) is 14.8 Å². The van der Waals surface area contributed by atoms with Crippen molar-refractivity contribution in [3.63, 3.8) is 0 Å². The molecule has 4 aromatic rings. The third kappa shape index (κ3) is 2.49. The highest BCUT2D eigenvalue weighted by atomic mass is 32.1. The maximum atomic E-state index is 11.0. The molecule has 2 heterocycles. The summed E-state index contributed by atoms with van der Waals surface area (Å²) in [6.07, 6.45) is 0. The Kier molecular flexibility index (Phi) is 3.77.